The summed E-state index contributed by atoms with van der Waals surface area (Å²) in [6, 6.07) is 1.91. The molecule has 1 atom stereocenters. The second-order valence-corrected chi connectivity index (χ2v) is 4.43. The van der Waals surface area contributed by atoms with Gasteiger partial charge in [0.15, 0.2) is 0 Å². The number of aromatic nitrogens is 5. The van der Waals surface area contributed by atoms with Crippen molar-refractivity contribution in [1.82, 2.24) is 24.7 Å². The molecule has 19 heavy (non-hydrogen) atoms. The molecule has 0 radical (unpaired) electrons. The number of rotatable bonds is 6. The number of halogens is 1. The summed E-state index contributed by atoms with van der Waals surface area (Å²) in [6.07, 6.45) is 4.90. The Labute approximate surface area is 115 Å². The van der Waals surface area contributed by atoms with Crippen LogP contribution in [-0.4, -0.2) is 42.5 Å². The zero-order chi connectivity index (χ0) is 13.7. The molecule has 0 aliphatic rings. The highest BCUT2D eigenvalue weighted by atomic mass is 35.5. The van der Waals surface area contributed by atoms with Gasteiger partial charge in [0.25, 0.3) is 5.95 Å². The molecular weight excluding hydrogens is 268 g/mol. The normalized spacial score (nSPS) is 12.4. The van der Waals surface area contributed by atoms with E-state index >= 15 is 0 Å². The zero-order valence-corrected chi connectivity index (χ0v) is 11.2. The van der Waals surface area contributed by atoms with E-state index < -0.39 is 0 Å². The molecule has 0 spiro atoms. The molecule has 0 aliphatic carbocycles. The second kappa shape index (κ2) is 6.44. The summed E-state index contributed by atoms with van der Waals surface area (Å²) in [5.41, 5.74) is 0. The lowest BCUT2D eigenvalue weighted by atomic mass is 10.2. The Morgan fingerprint density at radius 3 is 2.95 bits per heavy atom. The van der Waals surface area contributed by atoms with Crippen LogP contribution in [0.1, 0.15) is 19.8 Å². The van der Waals surface area contributed by atoms with Crippen molar-refractivity contribution >= 4 is 17.5 Å². The van der Waals surface area contributed by atoms with Crippen LogP contribution in [0.3, 0.4) is 0 Å². The van der Waals surface area contributed by atoms with Crippen LogP contribution in [0.5, 0.6) is 0 Å². The minimum atomic E-state index is 0.109. The highest BCUT2D eigenvalue weighted by Crippen LogP contribution is 2.11. The molecule has 0 saturated heterocycles. The van der Waals surface area contributed by atoms with E-state index in [0.29, 0.717) is 11.9 Å². The maximum atomic E-state index is 8.79. The molecule has 2 aromatic rings. The summed E-state index contributed by atoms with van der Waals surface area (Å²) in [5, 5.41) is 16.1. The first-order valence-electron chi connectivity index (χ1n) is 5.98. The molecule has 0 bridgehead atoms. The average Bonchev–Trinajstić information content (AvgIpc) is 2.89. The van der Waals surface area contributed by atoms with Crippen molar-refractivity contribution in [2.24, 2.45) is 0 Å². The van der Waals surface area contributed by atoms with Crippen molar-refractivity contribution in [3.05, 3.63) is 23.7 Å². The Morgan fingerprint density at radius 1 is 1.42 bits per heavy atom. The van der Waals surface area contributed by atoms with Gasteiger partial charge < -0.3 is 10.4 Å². The highest BCUT2D eigenvalue weighted by Gasteiger charge is 2.09. The van der Waals surface area contributed by atoms with Gasteiger partial charge in [-0.3, -0.25) is 0 Å². The van der Waals surface area contributed by atoms with Crippen LogP contribution in [0.2, 0.25) is 5.28 Å². The fraction of sp³-hybridized carbons (Fsp3) is 0.455. The first kappa shape index (κ1) is 13.7. The Balaban J connectivity index is 2.13. The maximum Gasteiger partial charge on any atom is 0.256 e. The number of hydrogen-bond acceptors (Lipinski definition) is 6. The molecule has 0 aromatic carbocycles. The minimum Gasteiger partial charge on any atom is -0.396 e. The quantitative estimate of drug-likeness (QED) is 0.830. The molecule has 1 unspecified atom stereocenters. The van der Waals surface area contributed by atoms with Crippen molar-refractivity contribution in [2.75, 3.05) is 11.9 Å². The number of anilines is 1. The van der Waals surface area contributed by atoms with Crippen LogP contribution in [0.25, 0.3) is 5.95 Å². The molecule has 0 saturated carbocycles. The summed E-state index contributed by atoms with van der Waals surface area (Å²) in [4.78, 5) is 12.3. The molecule has 2 N–H and O–H groups in total. The van der Waals surface area contributed by atoms with E-state index in [1.165, 1.54) is 4.68 Å². The average molecular weight is 283 g/mol. The molecule has 2 aromatic heterocycles. The van der Waals surface area contributed by atoms with Crippen molar-refractivity contribution in [1.29, 1.82) is 0 Å². The Kier molecular flexibility index (Phi) is 4.64. The van der Waals surface area contributed by atoms with Gasteiger partial charge in [-0.05, 0) is 37.4 Å². The Bertz CT molecular complexity index is 518. The number of aliphatic hydroxyl groups excluding tert-OH is 1. The van der Waals surface area contributed by atoms with E-state index in [0.717, 1.165) is 12.8 Å². The summed E-state index contributed by atoms with van der Waals surface area (Å²) < 4.78 is 1.51. The van der Waals surface area contributed by atoms with E-state index in [1.807, 2.05) is 6.92 Å². The fourth-order valence-corrected chi connectivity index (χ4v) is 1.74. The Morgan fingerprint density at radius 2 is 2.26 bits per heavy atom. The monoisotopic (exact) mass is 282 g/mol. The number of nitrogens with zero attached hydrogens (tertiary/aromatic N) is 5. The lowest BCUT2D eigenvalue weighted by Crippen LogP contribution is -2.18. The molecule has 0 amide bonds. The topological polar surface area (TPSA) is 88.8 Å². The largest absolute Gasteiger partial charge is 0.396 e. The molecule has 8 heteroatoms. The van der Waals surface area contributed by atoms with Gasteiger partial charge in [-0.2, -0.15) is 20.1 Å². The standard InChI is InChI=1S/C11H15ClN6O/c1-8(4-2-7-19)14-10-15-9(12)16-11(17-10)18-6-3-5-13-18/h3,5-6,8,19H,2,4,7H2,1H3,(H,14,15,16,17). The summed E-state index contributed by atoms with van der Waals surface area (Å²) >= 11 is 5.87. The lowest BCUT2D eigenvalue weighted by molar-refractivity contribution is 0.282. The van der Waals surface area contributed by atoms with E-state index in [2.05, 4.69) is 25.4 Å². The van der Waals surface area contributed by atoms with Crippen LogP contribution in [0.15, 0.2) is 18.5 Å². The van der Waals surface area contributed by atoms with Gasteiger partial charge in [-0.15, -0.1) is 0 Å². The Hall–Kier alpha value is -1.73. The second-order valence-electron chi connectivity index (χ2n) is 4.09. The van der Waals surface area contributed by atoms with Crippen molar-refractivity contribution < 1.29 is 5.11 Å². The van der Waals surface area contributed by atoms with E-state index in [1.54, 1.807) is 18.5 Å². The van der Waals surface area contributed by atoms with Gasteiger partial charge in [-0.1, -0.05) is 0 Å². The van der Waals surface area contributed by atoms with Gasteiger partial charge in [0.1, 0.15) is 0 Å². The first-order chi connectivity index (χ1) is 9.19. The van der Waals surface area contributed by atoms with Crippen molar-refractivity contribution in [3.8, 4) is 5.95 Å². The van der Waals surface area contributed by atoms with E-state index in [4.69, 9.17) is 16.7 Å². The van der Waals surface area contributed by atoms with Crippen molar-refractivity contribution in [2.45, 2.75) is 25.8 Å². The molecular formula is C11H15ClN6O. The smallest absolute Gasteiger partial charge is 0.256 e. The zero-order valence-electron chi connectivity index (χ0n) is 10.5. The van der Waals surface area contributed by atoms with Crippen LogP contribution in [-0.2, 0) is 0 Å². The molecule has 7 nitrogen and oxygen atoms in total. The van der Waals surface area contributed by atoms with Crippen LogP contribution >= 0.6 is 11.6 Å². The SMILES string of the molecule is CC(CCCO)Nc1nc(Cl)nc(-n2cccn2)n1. The number of aliphatic hydroxyl groups is 1. The van der Waals surface area contributed by atoms with Gasteiger partial charge in [0, 0.05) is 25.0 Å². The third-order valence-corrected chi connectivity index (χ3v) is 2.65. The van der Waals surface area contributed by atoms with Gasteiger partial charge in [0.05, 0.1) is 0 Å². The van der Waals surface area contributed by atoms with E-state index in [-0.39, 0.29) is 17.9 Å². The summed E-state index contributed by atoms with van der Waals surface area (Å²) in [7, 11) is 0. The molecule has 2 heterocycles. The lowest BCUT2D eigenvalue weighted by Gasteiger charge is -2.13. The number of hydrogen-bond donors (Lipinski definition) is 2. The highest BCUT2D eigenvalue weighted by molar-refractivity contribution is 6.28. The third kappa shape index (κ3) is 3.87. The summed E-state index contributed by atoms with van der Waals surface area (Å²) in [6.45, 7) is 2.16. The van der Waals surface area contributed by atoms with Crippen molar-refractivity contribution in [3.63, 3.8) is 0 Å². The minimum absolute atomic E-state index is 0.109. The predicted molar refractivity (Wildman–Crippen MR) is 71.4 cm³/mol. The number of nitrogens with one attached hydrogen (secondary N) is 1. The van der Waals surface area contributed by atoms with Gasteiger partial charge >= 0.3 is 0 Å². The molecule has 0 fully saturated rings. The fourth-order valence-electron chi connectivity index (χ4n) is 1.58. The van der Waals surface area contributed by atoms with Crippen LogP contribution in [0, 0.1) is 0 Å². The predicted octanol–water partition coefficient (Wildman–Crippen LogP) is 1.28. The summed E-state index contributed by atoms with van der Waals surface area (Å²) in [5.74, 6) is 0.762. The first-order valence-corrected chi connectivity index (χ1v) is 6.36. The molecule has 2 rings (SSSR count). The molecule has 102 valence electrons. The van der Waals surface area contributed by atoms with Crippen LogP contribution in [0.4, 0.5) is 5.95 Å². The van der Waals surface area contributed by atoms with Crippen LogP contribution < -0.4 is 5.32 Å². The van der Waals surface area contributed by atoms with Gasteiger partial charge in [-0.25, -0.2) is 4.68 Å². The maximum absolute atomic E-state index is 8.79. The molecule has 0 aliphatic heterocycles. The van der Waals surface area contributed by atoms with E-state index in [9.17, 15) is 0 Å². The third-order valence-electron chi connectivity index (χ3n) is 2.48. The van der Waals surface area contributed by atoms with Gasteiger partial charge in [0.2, 0.25) is 11.2 Å².